The van der Waals surface area contributed by atoms with Crippen molar-refractivity contribution in [3.8, 4) is 11.1 Å². The van der Waals surface area contributed by atoms with Crippen LogP contribution in [0.15, 0.2) is 22.7 Å². The van der Waals surface area contributed by atoms with Crippen LogP contribution in [-0.4, -0.2) is 44.8 Å². The van der Waals surface area contributed by atoms with Crippen LogP contribution in [0.2, 0.25) is 0 Å². The summed E-state index contributed by atoms with van der Waals surface area (Å²) in [5, 5.41) is 28.5. The molecule has 2 unspecified atom stereocenters. The van der Waals surface area contributed by atoms with Gasteiger partial charge in [0.15, 0.2) is 0 Å². The molecule has 29 heavy (non-hydrogen) atoms. The first-order valence-electron chi connectivity index (χ1n) is 9.48. The molecule has 2 atom stereocenters. The standard InChI is InChI=1S/C20H26N4O5/c1-11-17(12(2)29-22-11)13-6-7-14(16(10-13)24(27)28)21-15-8-9-23(19(25)26)18(15)20(3,4)5/h6-7,10,15,18,21H,8-9H2,1-5H3,(H,25,26). The number of likely N-dealkylation sites (tertiary alicyclic amines) is 1. The average Bonchev–Trinajstić information content (AvgIpc) is 3.19. The lowest BCUT2D eigenvalue weighted by Gasteiger charge is -2.37. The van der Waals surface area contributed by atoms with Gasteiger partial charge in [-0.05, 0) is 37.3 Å². The van der Waals surface area contributed by atoms with Crippen molar-refractivity contribution in [1.82, 2.24) is 10.1 Å². The van der Waals surface area contributed by atoms with E-state index in [1.54, 1.807) is 26.0 Å². The number of carbonyl (C=O) groups is 1. The van der Waals surface area contributed by atoms with Crippen LogP contribution in [0.5, 0.6) is 0 Å². The maximum absolute atomic E-state index is 11.8. The molecule has 0 saturated carbocycles. The maximum atomic E-state index is 11.8. The van der Waals surface area contributed by atoms with Crippen LogP contribution < -0.4 is 5.32 Å². The summed E-state index contributed by atoms with van der Waals surface area (Å²) in [6.07, 6.45) is -0.394. The van der Waals surface area contributed by atoms with Crippen molar-refractivity contribution < 1.29 is 19.3 Å². The molecule has 2 heterocycles. The summed E-state index contributed by atoms with van der Waals surface area (Å²) in [6, 6.07) is 4.43. The molecule has 0 spiro atoms. The highest BCUT2D eigenvalue weighted by Gasteiger charge is 2.44. The van der Waals surface area contributed by atoms with Gasteiger partial charge in [0.2, 0.25) is 0 Å². The second-order valence-corrected chi connectivity index (χ2v) is 8.51. The van der Waals surface area contributed by atoms with E-state index in [2.05, 4.69) is 10.5 Å². The van der Waals surface area contributed by atoms with Crippen molar-refractivity contribution in [2.75, 3.05) is 11.9 Å². The van der Waals surface area contributed by atoms with Crippen molar-refractivity contribution in [3.05, 3.63) is 39.8 Å². The van der Waals surface area contributed by atoms with E-state index in [1.165, 1.54) is 11.0 Å². The minimum Gasteiger partial charge on any atom is -0.465 e. The Hall–Kier alpha value is -3.10. The predicted octanol–water partition coefficient (Wildman–Crippen LogP) is 4.45. The Morgan fingerprint density at radius 1 is 1.38 bits per heavy atom. The van der Waals surface area contributed by atoms with Crippen LogP contribution in [0.25, 0.3) is 11.1 Å². The number of amides is 1. The summed E-state index contributed by atoms with van der Waals surface area (Å²) in [7, 11) is 0. The van der Waals surface area contributed by atoms with Gasteiger partial charge in [-0.2, -0.15) is 0 Å². The van der Waals surface area contributed by atoms with Gasteiger partial charge in [0.1, 0.15) is 11.4 Å². The summed E-state index contributed by atoms with van der Waals surface area (Å²) < 4.78 is 5.18. The number of nitrogens with zero attached hydrogens (tertiary/aromatic N) is 3. The van der Waals surface area contributed by atoms with Gasteiger partial charge < -0.3 is 19.8 Å². The topological polar surface area (TPSA) is 122 Å². The van der Waals surface area contributed by atoms with Gasteiger partial charge in [-0.15, -0.1) is 0 Å². The SMILES string of the molecule is Cc1noc(C)c1-c1ccc(NC2CCN(C(=O)O)C2C(C)(C)C)c([N+](=O)[O-])c1. The van der Waals surface area contributed by atoms with Crippen LogP contribution in [0.3, 0.4) is 0 Å². The Labute approximate surface area is 168 Å². The zero-order chi connectivity index (χ0) is 21.5. The number of rotatable bonds is 4. The van der Waals surface area contributed by atoms with Gasteiger partial charge in [-0.1, -0.05) is 32.0 Å². The van der Waals surface area contributed by atoms with Crippen LogP contribution in [0, 0.1) is 29.4 Å². The predicted molar refractivity (Wildman–Crippen MR) is 108 cm³/mol. The first-order valence-corrected chi connectivity index (χ1v) is 9.48. The van der Waals surface area contributed by atoms with Crippen molar-refractivity contribution in [2.45, 2.75) is 53.1 Å². The summed E-state index contributed by atoms with van der Waals surface area (Å²) in [5.74, 6) is 0.596. The lowest BCUT2D eigenvalue weighted by molar-refractivity contribution is -0.383. The molecule has 3 rings (SSSR count). The Kier molecular flexibility index (Phi) is 5.25. The maximum Gasteiger partial charge on any atom is 0.407 e. The molecule has 1 aliphatic heterocycles. The third kappa shape index (κ3) is 3.90. The molecule has 9 heteroatoms. The fraction of sp³-hybridized carbons (Fsp3) is 0.500. The van der Waals surface area contributed by atoms with Crippen molar-refractivity contribution in [1.29, 1.82) is 0 Å². The molecular weight excluding hydrogens is 376 g/mol. The molecule has 0 bridgehead atoms. The normalized spacial score (nSPS) is 19.4. The first kappa shape index (κ1) is 20.6. The van der Waals surface area contributed by atoms with E-state index in [-0.39, 0.29) is 23.2 Å². The van der Waals surface area contributed by atoms with E-state index in [0.29, 0.717) is 35.7 Å². The third-order valence-corrected chi connectivity index (χ3v) is 5.39. The first-order chi connectivity index (χ1) is 13.5. The van der Waals surface area contributed by atoms with Crippen LogP contribution in [0.4, 0.5) is 16.2 Å². The van der Waals surface area contributed by atoms with Gasteiger partial charge in [-0.3, -0.25) is 10.1 Å². The van der Waals surface area contributed by atoms with Gasteiger partial charge in [0.25, 0.3) is 5.69 Å². The molecule has 1 aromatic carbocycles. The van der Waals surface area contributed by atoms with Crippen LogP contribution in [-0.2, 0) is 0 Å². The molecule has 0 radical (unpaired) electrons. The number of hydrogen-bond donors (Lipinski definition) is 2. The highest BCUT2D eigenvalue weighted by atomic mass is 16.6. The van der Waals surface area contributed by atoms with Gasteiger partial charge in [-0.25, -0.2) is 4.79 Å². The molecular formula is C20H26N4O5. The highest BCUT2D eigenvalue weighted by Crippen LogP contribution is 2.38. The molecule has 2 aromatic rings. The number of nitro groups is 1. The van der Waals surface area contributed by atoms with Crippen molar-refractivity contribution in [2.24, 2.45) is 5.41 Å². The molecule has 1 amide bonds. The molecule has 9 nitrogen and oxygen atoms in total. The Bertz CT molecular complexity index is 927. The highest BCUT2D eigenvalue weighted by molar-refractivity contribution is 5.76. The Balaban J connectivity index is 1.97. The van der Waals surface area contributed by atoms with Gasteiger partial charge in [0, 0.05) is 24.2 Å². The number of nitrogens with one attached hydrogen (secondary N) is 1. The van der Waals surface area contributed by atoms with Gasteiger partial charge >= 0.3 is 6.09 Å². The average molecular weight is 402 g/mol. The number of benzene rings is 1. The zero-order valence-electron chi connectivity index (χ0n) is 17.2. The fourth-order valence-electron chi connectivity index (χ4n) is 4.28. The quantitative estimate of drug-likeness (QED) is 0.572. The Morgan fingerprint density at radius 2 is 2.07 bits per heavy atom. The van der Waals surface area contributed by atoms with E-state index in [0.717, 1.165) is 5.56 Å². The number of nitro benzene ring substituents is 1. The van der Waals surface area contributed by atoms with Crippen molar-refractivity contribution >= 4 is 17.5 Å². The summed E-state index contributed by atoms with van der Waals surface area (Å²) >= 11 is 0. The van der Waals surface area contributed by atoms with E-state index < -0.39 is 11.0 Å². The molecule has 2 N–H and O–H groups in total. The zero-order valence-corrected chi connectivity index (χ0v) is 17.2. The second-order valence-electron chi connectivity index (χ2n) is 8.51. The molecule has 0 aliphatic carbocycles. The van der Waals surface area contributed by atoms with Crippen molar-refractivity contribution in [3.63, 3.8) is 0 Å². The Morgan fingerprint density at radius 3 is 2.59 bits per heavy atom. The number of hydrogen-bond acceptors (Lipinski definition) is 6. The lowest BCUT2D eigenvalue weighted by Crippen LogP contribution is -2.49. The summed E-state index contributed by atoms with van der Waals surface area (Å²) in [4.78, 5) is 24.4. The monoisotopic (exact) mass is 402 g/mol. The minimum atomic E-state index is -0.975. The summed E-state index contributed by atoms with van der Waals surface area (Å²) in [5.41, 5.74) is 2.05. The van der Waals surface area contributed by atoms with Crippen LogP contribution >= 0.6 is 0 Å². The lowest BCUT2D eigenvalue weighted by atomic mass is 9.82. The second kappa shape index (κ2) is 7.38. The largest absolute Gasteiger partial charge is 0.465 e. The van der Waals surface area contributed by atoms with E-state index in [1.807, 2.05) is 20.8 Å². The molecule has 1 aliphatic rings. The number of aryl methyl sites for hydroxylation is 2. The molecule has 1 saturated heterocycles. The molecule has 156 valence electrons. The molecule has 1 fully saturated rings. The number of anilines is 1. The van der Waals surface area contributed by atoms with E-state index in [4.69, 9.17) is 4.52 Å². The number of carboxylic acid groups (broad SMARTS) is 1. The smallest absolute Gasteiger partial charge is 0.407 e. The van der Waals surface area contributed by atoms with Crippen LogP contribution in [0.1, 0.15) is 38.6 Å². The fourth-order valence-corrected chi connectivity index (χ4v) is 4.28. The number of aromatic nitrogens is 1. The van der Waals surface area contributed by atoms with E-state index in [9.17, 15) is 20.0 Å². The van der Waals surface area contributed by atoms with Gasteiger partial charge in [0.05, 0.1) is 16.7 Å². The third-order valence-electron chi connectivity index (χ3n) is 5.39. The van der Waals surface area contributed by atoms with E-state index >= 15 is 0 Å². The molecule has 1 aromatic heterocycles. The minimum absolute atomic E-state index is 0.0658. The summed E-state index contributed by atoms with van der Waals surface area (Å²) in [6.45, 7) is 9.87.